The second-order valence-electron chi connectivity index (χ2n) is 4.07. The lowest BCUT2D eigenvalue weighted by Gasteiger charge is -1.99. The average molecular weight is 278 g/mol. The van der Waals surface area contributed by atoms with Crippen molar-refractivity contribution in [2.24, 2.45) is 0 Å². The van der Waals surface area contributed by atoms with Crippen LogP contribution >= 0.6 is 11.3 Å². The molecule has 0 aliphatic rings. The van der Waals surface area contributed by atoms with E-state index in [0.29, 0.717) is 0 Å². The Balaban J connectivity index is 0.00000120. The summed E-state index contributed by atoms with van der Waals surface area (Å²) in [4.78, 5) is 4.62. The molecule has 0 amide bonds. The molecule has 3 nitrogen and oxygen atoms in total. The fourth-order valence-corrected chi connectivity index (χ4v) is 2.98. The van der Waals surface area contributed by atoms with Crippen LogP contribution in [0.1, 0.15) is 5.56 Å². The third kappa shape index (κ3) is 1.94. The maximum Gasteiger partial charge on any atom is 0.262 e. The Hall–Kier alpha value is -1.65. The van der Waals surface area contributed by atoms with Gasteiger partial charge < -0.3 is 23.9 Å². The van der Waals surface area contributed by atoms with Crippen LogP contribution in [-0.2, 0) is 0 Å². The number of halogens is 1. The first-order valence-electron chi connectivity index (χ1n) is 5.33. The van der Waals surface area contributed by atoms with E-state index in [0.717, 1.165) is 37.4 Å². The van der Waals surface area contributed by atoms with Gasteiger partial charge in [-0.2, -0.15) is 0 Å². The first-order valence-corrected chi connectivity index (χ1v) is 6.15. The molecule has 92 valence electrons. The van der Waals surface area contributed by atoms with Gasteiger partial charge in [0.05, 0.1) is 0 Å². The SMILES string of the molecule is Cc1c(N)ccc2nc3ccc(N)cc3[s+]c12.[Cl-]. The van der Waals surface area contributed by atoms with Gasteiger partial charge in [0.15, 0.2) is 0 Å². The zero-order valence-corrected chi connectivity index (χ0v) is 11.3. The Morgan fingerprint density at radius 2 is 1.78 bits per heavy atom. The number of hydrogen-bond acceptors (Lipinski definition) is 3. The lowest BCUT2D eigenvalue weighted by atomic mass is 10.2. The van der Waals surface area contributed by atoms with E-state index in [4.69, 9.17) is 11.5 Å². The smallest absolute Gasteiger partial charge is 0.262 e. The molecule has 1 heterocycles. The Kier molecular flexibility index (Phi) is 3.24. The standard InChI is InChI=1S/C13H12N3S.ClH/c1-7-9(15)3-5-11-13(7)17-12-6-8(14)2-4-10(12)16-11;/h2-6H,14-15H2,1H3;1H/q+1;/p-1. The maximum absolute atomic E-state index is 5.91. The van der Waals surface area contributed by atoms with E-state index in [1.54, 1.807) is 11.3 Å². The van der Waals surface area contributed by atoms with E-state index in [1.165, 1.54) is 0 Å². The molecule has 3 rings (SSSR count). The summed E-state index contributed by atoms with van der Waals surface area (Å²) in [6.07, 6.45) is 0. The third-order valence-corrected chi connectivity index (χ3v) is 4.13. The number of aryl methyl sites for hydroxylation is 1. The van der Waals surface area contributed by atoms with Gasteiger partial charge in [-0.1, -0.05) is 0 Å². The Morgan fingerprint density at radius 1 is 1.06 bits per heavy atom. The molecule has 4 N–H and O–H groups in total. The molecule has 0 atom stereocenters. The van der Waals surface area contributed by atoms with Crippen LogP contribution in [0, 0.1) is 6.92 Å². The van der Waals surface area contributed by atoms with Crippen LogP contribution < -0.4 is 23.9 Å². The van der Waals surface area contributed by atoms with Crippen molar-refractivity contribution in [2.45, 2.75) is 6.92 Å². The van der Waals surface area contributed by atoms with E-state index in [9.17, 15) is 0 Å². The van der Waals surface area contributed by atoms with Crippen molar-refractivity contribution in [2.75, 3.05) is 11.5 Å². The Bertz CT molecular complexity index is 743. The van der Waals surface area contributed by atoms with Gasteiger partial charge in [0.2, 0.25) is 11.3 Å². The summed E-state index contributed by atoms with van der Waals surface area (Å²) in [6, 6.07) is 9.64. The summed E-state index contributed by atoms with van der Waals surface area (Å²) in [5.74, 6) is 0. The summed E-state index contributed by atoms with van der Waals surface area (Å²) >= 11 is 1.68. The lowest BCUT2D eigenvalue weighted by molar-refractivity contribution is -0.00000341. The molecule has 0 aliphatic heterocycles. The Labute approximate surface area is 115 Å². The molecule has 0 aliphatic carbocycles. The predicted octanol–water partition coefficient (Wildman–Crippen LogP) is 0.207. The number of nitrogen functional groups attached to an aromatic ring is 2. The van der Waals surface area contributed by atoms with Crippen LogP contribution in [0.4, 0.5) is 11.4 Å². The second-order valence-corrected chi connectivity index (χ2v) is 5.12. The summed E-state index contributed by atoms with van der Waals surface area (Å²) in [7, 11) is 0. The van der Waals surface area contributed by atoms with E-state index in [-0.39, 0.29) is 12.4 Å². The number of nitrogens with zero attached hydrogens (tertiary/aromatic N) is 1. The van der Waals surface area contributed by atoms with Crippen molar-refractivity contribution in [1.82, 2.24) is 4.98 Å². The van der Waals surface area contributed by atoms with E-state index in [2.05, 4.69) is 4.98 Å². The van der Waals surface area contributed by atoms with Gasteiger partial charge in [0.1, 0.15) is 11.0 Å². The van der Waals surface area contributed by atoms with Crippen molar-refractivity contribution in [3.63, 3.8) is 0 Å². The summed E-state index contributed by atoms with van der Waals surface area (Å²) in [6.45, 7) is 2.02. The van der Waals surface area contributed by atoms with Crippen LogP contribution in [0.25, 0.3) is 20.4 Å². The molecule has 5 heteroatoms. The van der Waals surface area contributed by atoms with Crippen molar-refractivity contribution in [3.8, 4) is 0 Å². The highest BCUT2D eigenvalue weighted by molar-refractivity contribution is 7.24. The van der Waals surface area contributed by atoms with Crippen molar-refractivity contribution < 1.29 is 12.4 Å². The van der Waals surface area contributed by atoms with E-state index < -0.39 is 0 Å². The van der Waals surface area contributed by atoms with Crippen molar-refractivity contribution >= 4 is 43.1 Å². The van der Waals surface area contributed by atoms with Gasteiger partial charge >= 0.3 is 0 Å². The molecule has 0 saturated carbocycles. The number of aromatic nitrogens is 1. The number of hydrogen-bond donors (Lipinski definition) is 2. The number of fused-ring (bicyclic) bond motifs is 2. The van der Waals surface area contributed by atoms with Gasteiger partial charge in [-0.05, 0) is 31.2 Å². The lowest BCUT2D eigenvalue weighted by Crippen LogP contribution is -3.00. The quantitative estimate of drug-likeness (QED) is 0.351. The highest BCUT2D eigenvalue weighted by Gasteiger charge is 2.16. The Morgan fingerprint density at radius 3 is 2.56 bits per heavy atom. The molecular weight excluding hydrogens is 266 g/mol. The first kappa shape index (κ1) is 12.8. The van der Waals surface area contributed by atoms with Crippen LogP contribution in [-0.4, -0.2) is 4.98 Å². The largest absolute Gasteiger partial charge is 1.00 e. The molecule has 1 aromatic heterocycles. The van der Waals surface area contributed by atoms with Gasteiger partial charge in [0, 0.05) is 23.0 Å². The van der Waals surface area contributed by atoms with Crippen molar-refractivity contribution in [1.29, 1.82) is 0 Å². The fraction of sp³-hybridized carbons (Fsp3) is 0.0769. The molecule has 18 heavy (non-hydrogen) atoms. The van der Waals surface area contributed by atoms with Gasteiger partial charge in [-0.3, -0.25) is 0 Å². The zero-order valence-electron chi connectivity index (χ0n) is 9.77. The summed E-state index contributed by atoms with van der Waals surface area (Å²) in [5, 5.41) is 0. The monoisotopic (exact) mass is 277 g/mol. The van der Waals surface area contributed by atoms with E-state index >= 15 is 0 Å². The molecule has 0 radical (unpaired) electrons. The van der Waals surface area contributed by atoms with Gasteiger partial charge in [-0.15, -0.1) is 0 Å². The maximum atomic E-state index is 5.91. The molecule has 0 bridgehead atoms. The van der Waals surface area contributed by atoms with Crippen LogP contribution in [0.3, 0.4) is 0 Å². The molecule has 0 saturated heterocycles. The van der Waals surface area contributed by atoms with Crippen LogP contribution in [0.5, 0.6) is 0 Å². The van der Waals surface area contributed by atoms with Crippen LogP contribution in [0.2, 0.25) is 0 Å². The third-order valence-electron chi connectivity index (χ3n) is 2.86. The zero-order chi connectivity index (χ0) is 12.0. The predicted molar refractivity (Wildman–Crippen MR) is 75.1 cm³/mol. The molecule has 2 aromatic carbocycles. The topological polar surface area (TPSA) is 64.9 Å². The van der Waals surface area contributed by atoms with Crippen LogP contribution in [0.15, 0.2) is 30.3 Å². The summed E-state index contributed by atoms with van der Waals surface area (Å²) in [5.41, 5.74) is 16.3. The highest BCUT2D eigenvalue weighted by Crippen LogP contribution is 2.31. The summed E-state index contributed by atoms with van der Waals surface area (Å²) < 4.78 is 2.22. The molecule has 3 aromatic rings. The molecule has 0 spiro atoms. The van der Waals surface area contributed by atoms with E-state index in [1.807, 2.05) is 37.3 Å². The highest BCUT2D eigenvalue weighted by atomic mass is 35.5. The average Bonchev–Trinajstić information content (AvgIpc) is 2.32. The number of nitrogens with two attached hydrogens (primary N) is 2. The van der Waals surface area contributed by atoms with Gasteiger partial charge in [0.25, 0.3) is 9.40 Å². The minimum Gasteiger partial charge on any atom is -1.00 e. The number of anilines is 2. The fourth-order valence-electron chi connectivity index (χ4n) is 1.85. The normalized spacial score (nSPS) is 10.5. The number of benzene rings is 2. The van der Waals surface area contributed by atoms with Crippen molar-refractivity contribution in [3.05, 3.63) is 35.9 Å². The van der Waals surface area contributed by atoms with Gasteiger partial charge in [-0.25, -0.2) is 4.98 Å². The number of rotatable bonds is 0. The molecular formula is C13H12ClN3S. The minimum absolute atomic E-state index is 0. The minimum atomic E-state index is 0. The first-order chi connectivity index (χ1) is 8.15. The molecule has 0 unspecified atom stereocenters. The second kappa shape index (κ2) is 4.55. The molecule has 0 fully saturated rings.